The average molecular weight is 522 g/mol. The molecule has 0 saturated carbocycles. The van der Waals surface area contributed by atoms with Crippen LogP contribution in [-0.4, -0.2) is 54.2 Å². The van der Waals surface area contributed by atoms with Crippen molar-refractivity contribution in [3.63, 3.8) is 0 Å². The fourth-order valence-corrected chi connectivity index (χ4v) is 5.91. The summed E-state index contributed by atoms with van der Waals surface area (Å²) in [6, 6.07) is 13.0. The number of rotatable bonds is 9. The van der Waals surface area contributed by atoms with Crippen molar-refractivity contribution in [1.29, 1.82) is 0 Å². The number of nitrogens with one attached hydrogen (secondary N) is 1. The number of halogens is 1. The summed E-state index contributed by atoms with van der Waals surface area (Å²) in [5.41, 5.74) is 2.30. The highest BCUT2D eigenvalue weighted by atomic mass is 35.5. The fraction of sp³-hybridized carbons (Fsp3) is 0.348. The zero-order chi connectivity index (χ0) is 24.9. The number of benzene rings is 2. The topological polar surface area (TPSA) is 141 Å². The molecule has 35 heavy (non-hydrogen) atoms. The lowest BCUT2D eigenvalue weighted by atomic mass is 9.98. The van der Waals surface area contributed by atoms with Crippen molar-refractivity contribution < 1.29 is 32.4 Å². The summed E-state index contributed by atoms with van der Waals surface area (Å²) in [5.74, 6) is 0.473. The minimum atomic E-state index is -4.08. The van der Waals surface area contributed by atoms with Crippen LogP contribution in [0.5, 0.6) is 5.75 Å². The van der Waals surface area contributed by atoms with E-state index in [1.807, 2.05) is 12.1 Å². The van der Waals surface area contributed by atoms with Gasteiger partial charge in [-0.3, -0.25) is 10.0 Å². The highest BCUT2D eigenvalue weighted by Gasteiger charge is 2.52. The van der Waals surface area contributed by atoms with Gasteiger partial charge in [0.2, 0.25) is 11.7 Å². The molecular weight excluding hydrogens is 498 g/mol. The normalized spacial score (nSPS) is 15.5. The molecule has 1 aromatic heterocycles. The molecule has 0 atom stereocenters. The number of hydrogen-bond donors (Lipinski definition) is 2. The summed E-state index contributed by atoms with van der Waals surface area (Å²) in [5, 5.41) is 13.7. The van der Waals surface area contributed by atoms with Crippen LogP contribution in [0.2, 0.25) is 5.02 Å². The number of carbonyl (C=O) groups excluding carboxylic acids is 1. The molecular formula is C23H24ClN3O7S. The maximum absolute atomic E-state index is 13.3. The number of hydrogen-bond acceptors (Lipinski definition) is 9. The van der Waals surface area contributed by atoms with Crippen LogP contribution in [0, 0.1) is 0 Å². The first-order valence-electron chi connectivity index (χ1n) is 10.9. The third kappa shape index (κ3) is 5.32. The molecule has 12 heteroatoms. The van der Waals surface area contributed by atoms with Crippen molar-refractivity contribution in [3.8, 4) is 17.1 Å². The molecule has 4 rings (SSSR count). The lowest BCUT2D eigenvalue weighted by Gasteiger charge is -2.34. The van der Waals surface area contributed by atoms with Crippen molar-refractivity contribution in [2.45, 2.75) is 35.3 Å². The van der Waals surface area contributed by atoms with Gasteiger partial charge in [-0.15, -0.1) is 0 Å². The van der Waals surface area contributed by atoms with Gasteiger partial charge in [-0.2, -0.15) is 4.98 Å². The molecule has 3 aromatic rings. The first-order valence-corrected chi connectivity index (χ1v) is 12.8. The van der Waals surface area contributed by atoms with E-state index in [1.165, 1.54) is 29.7 Å². The van der Waals surface area contributed by atoms with Crippen molar-refractivity contribution >= 4 is 27.3 Å². The zero-order valence-electron chi connectivity index (χ0n) is 18.6. The van der Waals surface area contributed by atoms with Gasteiger partial charge < -0.3 is 14.0 Å². The lowest BCUT2D eigenvalue weighted by Crippen LogP contribution is -2.54. The summed E-state index contributed by atoms with van der Waals surface area (Å²) >= 11 is 5.89. The van der Waals surface area contributed by atoms with Crippen LogP contribution in [0.3, 0.4) is 0 Å². The Kier molecular flexibility index (Phi) is 7.70. The number of sulfone groups is 1. The van der Waals surface area contributed by atoms with E-state index in [2.05, 4.69) is 10.1 Å². The molecule has 2 aromatic carbocycles. The number of aryl methyl sites for hydroxylation is 1. The van der Waals surface area contributed by atoms with E-state index in [0.717, 1.165) is 5.56 Å². The number of ether oxygens (including phenoxy) is 2. The summed E-state index contributed by atoms with van der Waals surface area (Å²) in [6.45, 7) is 0.559. The Morgan fingerprint density at radius 1 is 1.11 bits per heavy atom. The Bertz CT molecular complexity index is 1260. The molecule has 10 nitrogen and oxygen atoms in total. The maximum atomic E-state index is 13.3. The molecule has 1 aliphatic rings. The van der Waals surface area contributed by atoms with Gasteiger partial charge in [0.15, 0.2) is 14.6 Å². The second-order valence-corrected chi connectivity index (χ2v) is 10.7. The first kappa shape index (κ1) is 25.1. The van der Waals surface area contributed by atoms with Crippen LogP contribution >= 0.6 is 11.6 Å². The van der Waals surface area contributed by atoms with Crippen LogP contribution < -0.4 is 10.2 Å². The van der Waals surface area contributed by atoms with Crippen molar-refractivity contribution in [2.24, 2.45) is 0 Å². The summed E-state index contributed by atoms with van der Waals surface area (Å²) in [7, 11) is -4.08. The van der Waals surface area contributed by atoms with E-state index in [4.69, 9.17) is 30.8 Å². The number of amides is 1. The molecule has 0 bridgehead atoms. The number of carbonyl (C=O) groups is 1. The maximum Gasteiger partial charge on any atom is 0.265 e. The second kappa shape index (κ2) is 10.7. The molecule has 0 spiro atoms. The SMILES string of the molecule is O=C(NO)C1(S(=O)(=O)c2ccc(OCCCc3nc(-c4ccc(Cl)cc4)no3)cc2)CCOCC1. The fourth-order valence-electron chi connectivity index (χ4n) is 3.85. The van der Waals surface area contributed by atoms with E-state index in [1.54, 1.807) is 12.1 Å². The molecule has 0 aliphatic carbocycles. The Morgan fingerprint density at radius 2 is 1.80 bits per heavy atom. The first-order chi connectivity index (χ1) is 16.9. The van der Waals surface area contributed by atoms with Crippen molar-refractivity contribution in [3.05, 3.63) is 59.4 Å². The van der Waals surface area contributed by atoms with Crippen LogP contribution in [-0.2, 0) is 25.8 Å². The molecule has 1 aliphatic heterocycles. The molecule has 0 unspecified atom stereocenters. The quantitative estimate of drug-likeness (QED) is 0.246. The van der Waals surface area contributed by atoms with Gasteiger partial charge in [-0.1, -0.05) is 16.8 Å². The molecule has 2 N–H and O–H groups in total. The third-order valence-corrected chi connectivity index (χ3v) is 8.61. The monoisotopic (exact) mass is 521 g/mol. The van der Waals surface area contributed by atoms with Gasteiger partial charge in [0, 0.05) is 30.2 Å². The van der Waals surface area contributed by atoms with Gasteiger partial charge in [-0.25, -0.2) is 13.9 Å². The second-order valence-electron chi connectivity index (χ2n) is 7.99. The van der Waals surface area contributed by atoms with Gasteiger partial charge in [-0.05, 0) is 67.8 Å². The van der Waals surface area contributed by atoms with Gasteiger partial charge in [0.25, 0.3) is 5.91 Å². The number of aromatic nitrogens is 2. The highest BCUT2D eigenvalue weighted by molar-refractivity contribution is 7.93. The molecule has 1 fully saturated rings. The van der Waals surface area contributed by atoms with E-state index in [-0.39, 0.29) is 31.0 Å². The van der Waals surface area contributed by atoms with Crippen LogP contribution in [0.1, 0.15) is 25.2 Å². The van der Waals surface area contributed by atoms with Crippen molar-refractivity contribution in [1.82, 2.24) is 15.6 Å². The number of hydroxylamine groups is 1. The Hall–Kier alpha value is -2.99. The smallest absolute Gasteiger partial charge is 0.265 e. The zero-order valence-corrected chi connectivity index (χ0v) is 20.2. The number of nitrogens with zero attached hydrogens (tertiary/aromatic N) is 2. The average Bonchev–Trinajstić information content (AvgIpc) is 3.36. The molecule has 1 amide bonds. The third-order valence-electron chi connectivity index (χ3n) is 5.84. The van der Waals surface area contributed by atoms with E-state index in [0.29, 0.717) is 41.9 Å². The van der Waals surface area contributed by atoms with Crippen LogP contribution in [0.25, 0.3) is 11.4 Å². The van der Waals surface area contributed by atoms with E-state index < -0.39 is 20.5 Å². The Labute approximate surface area is 207 Å². The highest BCUT2D eigenvalue weighted by Crippen LogP contribution is 2.35. The van der Waals surface area contributed by atoms with Gasteiger partial charge >= 0.3 is 0 Å². The van der Waals surface area contributed by atoms with Crippen molar-refractivity contribution in [2.75, 3.05) is 19.8 Å². The standard InChI is InChI=1S/C23H24ClN3O7S/c24-17-5-3-16(4-6-17)21-25-20(34-27-21)2-1-13-33-18-7-9-19(10-8-18)35(30,31)23(22(28)26-29)11-14-32-15-12-23/h3-10,29H,1-2,11-15H2,(H,26,28). The lowest BCUT2D eigenvalue weighted by molar-refractivity contribution is -0.134. The predicted octanol–water partition coefficient (Wildman–Crippen LogP) is 3.23. The Balaban J connectivity index is 1.33. The summed E-state index contributed by atoms with van der Waals surface area (Å²) in [6.07, 6.45) is 1.01. The van der Waals surface area contributed by atoms with E-state index >= 15 is 0 Å². The minimum Gasteiger partial charge on any atom is -0.494 e. The van der Waals surface area contributed by atoms with Gasteiger partial charge in [0.05, 0.1) is 11.5 Å². The molecule has 1 saturated heterocycles. The summed E-state index contributed by atoms with van der Waals surface area (Å²) < 4.78 is 40.9. The van der Waals surface area contributed by atoms with Gasteiger partial charge in [0.1, 0.15) is 5.75 Å². The largest absolute Gasteiger partial charge is 0.494 e. The summed E-state index contributed by atoms with van der Waals surface area (Å²) in [4.78, 5) is 16.7. The van der Waals surface area contributed by atoms with Crippen LogP contribution in [0.15, 0.2) is 57.9 Å². The molecule has 2 heterocycles. The van der Waals surface area contributed by atoms with E-state index in [9.17, 15) is 13.2 Å². The Morgan fingerprint density at radius 3 is 2.46 bits per heavy atom. The minimum absolute atomic E-state index is 0.0315. The predicted molar refractivity (Wildman–Crippen MR) is 125 cm³/mol. The van der Waals surface area contributed by atoms with Crippen LogP contribution in [0.4, 0.5) is 0 Å². The molecule has 186 valence electrons. The molecule has 0 radical (unpaired) electrons.